The van der Waals surface area contributed by atoms with Crippen LogP contribution in [-0.4, -0.2) is 31.1 Å². The van der Waals surface area contributed by atoms with E-state index in [9.17, 15) is 9.90 Å². The predicted molar refractivity (Wildman–Crippen MR) is 101 cm³/mol. The third kappa shape index (κ3) is 3.06. The lowest BCUT2D eigenvalue weighted by Crippen LogP contribution is -2.12. The number of hydrogen-bond acceptors (Lipinski definition) is 4. The summed E-state index contributed by atoms with van der Waals surface area (Å²) in [4.78, 5) is 11.2. The van der Waals surface area contributed by atoms with Crippen LogP contribution in [0.1, 0.15) is 31.2 Å². The normalized spacial score (nSPS) is 15.4. The maximum absolute atomic E-state index is 11.2. The summed E-state index contributed by atoms with van der Waals surface area (Å²) in [7, 11) is 0. The van der Waals surface area contributed by atoms with Gasteiger partial charge in [0, 0.05) is 5.39 Å². The molecular formula is C18H16BrN3O2S. The lowest BCUT2D eigenvalue weighted by molar-refractivity contribution is -0.136. The summed E-state index contributed by atoms with van der Waals surface area (Å²) in [6, 6.07) is 12.6. The zero-order valence-electron chi connectivity index (χ0n) is 13.5. The van der Waals surface area contributed by atoms with Gasteiger partial charge in [0.1, 0.15) is 5.25 Å². The van der Waals surface area contributed by atoms with Crippen molar-refractivity contribution in [1.29, 1.82) is 0 Å². The molecule has 0 aliphatic heterocycles. The molecule has 7 heteroatoms. The minimum atomic E-state index is -0.871. The Balaban J connectivity index is 1.87. The smallest absolute Gasteiger partial charge is 0.316 e. The first-order valence-corrected chi connectivity index (χ1v) is 9.76. The molecule has 0 amide bonds. The van der Waals surface area contributed by atoms with Crippen LogP contribution in [0, 0.1) is 0 Å². The maximum Gasteiger partial charge on any atom is 0.316 e. The van der Waals surface area contributed by atoms with Gasteiger partial charge in [-0.05, 0) is 58.6 Å². The molecular weight excluding hydrogens is 402 g/mol. The molecule has 1 saturated carbocycles. The van der Waals surface area contributed by atoms with Gasteiger partial charge in [0.15, 0.2) is 5.16 Å². The van der Waals surface area contributed by atoms with Crippen molar-refractivity contribution >= 4 is 44.4 Å². The summed E-state index contributed by atoms with van der Waals surface area (Å²) in [6.07, 6.45) is 2.49. The summed E-state index contributed by atoms with van der Waals surface area (Å²) in [6.45, 7) is 1.65. The molecule has 1 fully saturated rings. The predicted octanol–water partition coefficient (Wildman–Crippen LogP) is 4.63. The van der Waals surface area contributed by atoms with E-state index in [1.54, 1.807) is 6.92 Å². The summed E-state index contributed by atoms with van der Waals surface area (Å²) in [5, 5.41) is 19.8. The molecule has 4 rings (SSSR count). The summed E-state index contributed by atoms with van der Waals surface area (Å²) < 4.78 is 2.44. The van der Waals surface area contributed by atoms with Crippen molar-refractivity contribution in [2.24, 2.45) is 0 Å². The standard InChI is InChI=1S/C18H16BrN3O2S/c1-10(16(23)24)25-18-21-20-17(19)22(18)15-9-8-12(11-6-7-11)13-4-2-3-5-14(13)15/h2-5,8-11H,6-7H2,1H3,(H,23,24). The fraction of sp³-hybridized carbons (Fsp3) is 0.278. The Morgan fingerprint density at radius 3 is 2.64 bits per heavy atom. The molecule has 1 aromatic heterocycles. The third-order valence-corrected chi connectivity index (χ3v) is 5.96. The molecule has 1 atom stereocenters. The number of thioether (sulfide) groups is 1. The number of halogens is 1. The van der Waals surface area contributed by atoms with E-state index in [1.807, 2.05) is 10.6 Å². The summed E-state index contributed by atoms with van der Waals surface area (Å²) in [5.41, 5.74) is 2.34. The second kappa shape index (κ2) is 6.46. The van der Waals surface area contributed by atoms with Gasteiger partial charge in [0.2, 0.25) is 4.73 Å². The van der Waals surface area contributed by atoms with Crippen molar-refractivity contribution in [2.75, 3.05) is 0 Å². The van der Waals surface area contributed by atoms with Crippen LogP contribution in [0.4, 0.5) is 0 Å². The Morgan fingerprint density at radius 2 is 1.96 bits per heavy atom. The number of hydrogen-bond donors (Lipinski definition) is 1. The quantitative estimate of drug-likeness (QED) is 0.613. The van der Waals surface area contributed by atoms with E-state index < -0.39 is 11.2 Å². The number of carboxylic acids is 1. The van der Waals surface area contributed by atoms with Gasteiger partial charge in [0.05, 0.1) is 5.69 Å². The van der Waals surface area contributed by atoms with Crippen LogP contribution in [-0.2, 0) is 4.79 Å². The van der Waals surface area contributed by atoms with E-state index in [2.05, 4.69) is 56.5 Å². The second-order valence-electron chi connectivity index (χ2n) is 6.18. The van der Waals surface area contributed by atoms with Crippen molar-refractivity contribution in [3.63, 3.8) is 0 Å². The van der Waals surface area contributed by atoms with Crippen LogP contribution < -0.4 is 0 Å². The van der Waals surface area contributed by atoms with Crippen LogP contribution in [0.15, 0.2) is 46.3 Å². The van der Waals surface area contributed by atoms with E-state index in [0.29, 0.717) is 15.8 Å². The van der Waals surface area contributed by atoms with E-state index in [0.717, 1.165) is 11.1 Å². The molecule has 2 aromatic carbocycles. The monoisotopic (exact) mass is 417 g/mol. The van der Waals surface area contributed by atoms with Gasteiger partial charge < -0.3 is 5.11 Å². The molecule has 1 N–H and O–H groups in total. The molecule has 0 radical (unpaired) electrons. The van der Waals surface area contributed by atoms with Crippen LogP contribution in [0.3, 0.4) is 0 Å². The number of aromatic nitrogens is 3. The van der Waals surface area contributed by atoms with E-state index in [1.165, 1.54) is 35.6 Å². The first kappa shape index (κ1) is 16.6. The molecule has 0 spiro atoms. The molecule has 3 aromatic rings. The highest BCUT2D eigenvalue weighted by Crippen LogP contribution is 2.44. The van der Waals surface area contributed by atoms with Gasteiger partial charge >= 0.3 is 5.97 Å². The first-order chi connectivity index (χ1) is 12.1. The number of carbonyl (C=O) groups is 1. The number of nitrogens with zero attached hydrogens (tertiary/aromatic N) is 3. The summed E-state index contributed by atoms with van der Waals surface area (Å²) >= 11 is 4.64. The maximum atomic E-state index is 11.2. The first-order valence-electron chi connectivity index (χ1n) is 8.08. The van der Waals surface area contributed by atoms with Gasteiger partial charge in [-0.25, -0.2) is 0 Å². The van der Waals surface area contributed by atoms with Crippen molar-refractivity contribution in [1.82, 2.24) is 14.8 Å². The van der Waals surface area contributed by atoms with Crippen LogP contribution in [0.5, 0.6) is 0 Å². The molecule has 1 heterocycles. The van der Waals surface area contributed by atoms with Gasteiger partial charge in [-0.1, -0.05) is 42.1 Å². The van der Waals surface area contributed by atoms with Crippen molar-refractivity contribution in [3.8, 4) is 5.69 Å². The summed E-state index contributed by atoms with van der Waals surface area (Å²) in [5.74, 6) is -0.214. The fourth-order valence-corrected chi connectivity index (χ4v) is 4.34. The largest absolute Gasteiger partial charge is 0.480 e. The zero-order chi connectivity index (χ0) is 17.6. The minimum Gasteiger partial charge on any atom is -0.480 e. The molecule has 1 aliphatic rings. The number of rotatable bonds is 5. The Labute approximate surface area is 157 Å². The Bertz CT molecular complexity index is 968. The molecule has 5 nitrogen and oxygen atoms in total. The Morgan fingerprint density at radius 1 is 1.24 bits per heavy atom. The number of fused-ring (bicyclic) bond motifs is 1. The molecule has 0 bridgehead atoms. The lowest BCUT2D eigenvalue weighted by atomic mass is 9.99. The van der Waals surface area contributed by atoms with Crippen LogP contribution >= 0.6 is 27.7 Å². The minimum absolute atomic E-state index is 0.561. The fourth-order valence-electron chi connectivity index (χ4n) is 2.99. The van der Waals surface area contributed by atoms with Gasteiger partial charge in [-0.15, -0.1) is 10.2 Å². The highest BCUT2D eigenvalue weighted by atomic mass is 79.9. The molecule has 128 valence electrons. The highest BCUT2D eigenvalue weighted by Gasteiger charge is 2.27. The van der Waals surface area contributed by atoms with Crippen LogP contribution in [0.2, 0.25) is 0 Å². The van der Waals surface area contributed by atoms with Gasteiger partial charge in [0.25, 0.3) is 0 Å². The average Bonchev–Trinajstić information content (AvgIpc) is 3.38. The van der Waals surface area contributed by atoms with Crippen LogP contribution in [0.25, 0.3) is 16.5 Å². The van der Waals surface area contributed by atoms with E-state index in [4.69, 9.17) is 0 Å². The highest BCUT2D eigenvalue weighted by molar-refractivity contribution is 9.10. The lowest BCUT2D eigenvalue weighted by Gasteiger charge is -2.14. The second-order valence-corrected chi connectivity index (χ2v) is 8.20. The van der Waals surface area contributed by atoms with Crippen molar-refractivity contribution < 1.29 is 9.90 Å². The molecule has 25 heavy (non-hydrogen) atoms. The van der Waals surface area contributed by atoms with Gasteiger partial charge in [-0.2, -0.15) is 0 Å². The Kier molecular flexibility index (Phi) is 4.29. The van der Waals surface area contributed by atoms with Crippen molar-refractivity contribution in [2.45, 2.75) is 36.1 Å². The zero-order valence-corrected chi connectivity index (χ0v) is 15.9. The van der Waals surface area contributed by atoms with E-state index >= 15 is 0 Å². The number of aliphatic carboxylic acids is 1. The average molecular weight is 418 g/mol. The molecule has 1 unspecified atom stereocenters. The Hall–Kier alpha value is -1.86. The molecule has 0 saturated heterocycles. The number of carboxylic acid groups (broad SMARTS) is 1. The SMILES string of the molecule is CC(Sc1nnc(Br)n1-c1ccc(C2CC2)c2ccccc12)C(=O)O. The third-order valence-electron chi connectivity index (χ3n) is 4.42. The van der Waals surface area contributed by atoms with Crippen molar-refractivity contribution in [3.05, 3.63) is 46.7 Å². The molecule has 1 aliphatic carbocycles. The topological polar surface area (TPSA) is 68.0 Å². The van der Waals surface area contributed by atoms with E-state index in [-0.39, 0.29) is 0 Å². The van der Waals surface area contributed by atoms with Gasteiger partial charge in [-0.3, -0.25) is 9.36 Å². The number of benzene rings is 2.